The number of carbonyl (C=O) groups excluding carboxylic acids is 1. The molecule has 1 amide bonds. The van der Waals surface area contributed by atoms with Crippen LogP contribution in [0.25, 0.3) is 5.69 Å². The zero-order valence-corrected chi connectivity index (χ0v) is 14.9. The lowest BCUT2D eigenvalue weighted by Gasteiger charge is -2.33. The highest BCUT2D eigenvalue weighted by Gasteiger charge is 2.55. The number of ether oxygens (including phenoxy) is 1. The number of carbonyl (C=O) groups is 2. The summed E-state index contributed by atoms with van der Waals surface area (Å²) in [5.41, 5.74) is -0.761. The third-order valence-corrected chi connectivity index (χ3v) is 5.55. The second-order valence-corrected chi connectivity index (χ2v) is 7.06. The number of aliphatic carboxylic acids is 1. The molecule has 4 rings (SSSR count). The van der Waals surface area contributed by atoms with E-state index in [4.69, 9.17) is 4.74 Å². The smallest absolute Gasteiger partial charge is 0.311 e. The molecule has 0 bridgehead atoms. The molecule has 2 fully saturated rings. The van der Waals surface area contributed by atoms with Gasteiger partial charge in [0.25, 0.3) is 11.6 Å². The number of para-hydroxylation sites is 2. The first-order valence-electron chi connectivity index (χ1n) is 8.82. The molecule has 3 heterocycles. The molecule has 0 aliphatic carbocycles. The molecule has 1 aromatic carbocycles. The number of likely N-dealkylation sites (tertiary alicyclic amines) is 1. The van der Waals surface area contributed by atoms with E-state index in [0.29, 0.717) is 19.6 Å². The van der Waals surface area contributed by atoms with E-state index in [9.17, 15) is 24.8 Å². The van der Waals surface area contributed by atoms with Crippen molar-refractivity contribution in [3.8, 4) is 5.69 Å². The van der Waals surface area contributed by atoms with Gasteiger partial charge in [-0.3, -0.25) is 19.7 Å². The number of nitrogens with zero attached hydrogens (tertiary/aromatic N) is 4. The number of nitro benzene ring substituents is 1. The Morgan fingerprint density at radius 2 is 2.11 bits per heavy atom. The number of aromatic nitrogens is 2. The molecule has 2 aromatic rings. The number of nitro groups is 1. The Bertz CT molecular complexity index is 957. The summed E-state index contributed by atoms with van der Waals surface area (Å²) in [6, 6.07) is 7.58. The van der Waals surface area contributed by atoms with E-state index >= 15 is 0 Å². The minimum Gasteiger partial charge on any atom is -0.481 e. The van der Waals surface area contributed by atoms with Gasteiger partial charge in [0.05, 0.1) is 16.9 Å². The Kier molecular flexibility index (Phi) is 4.34. The van der Waals surface area contributed by atoms with E-state index in [0.717, 1.165) is 0 Å². The first-order chi connectivity index (χ1) is 13.4. The van der Waals surface area contributed by atoms with E-state index in [1.54, 1.807) is 18.2 Å². The number of benzene rings is 1. The van der Waals surface area contributed by atoms with E-state index in [-0.39, 0.29) is 36.1 Å². The molecule has 2 atom stereocenters. The van der Waals surface area contributed by atoms with Gasteiger partial charge in [-0.25, -0.2) is 4.68 Å². The quantitative estimate of drug-likeness (QED) is 0.620. The van der Waals surface area contributed by atoms with Gasteiger partial charge >= 0.3 is 5.97 Å². The van der Waals surface area contributed by atoms with Crippen LogP contribution in [0.2, 0.25) is 0 Å². The normalized spacial score (nSPS) is 24.0. The molecule has 1 aromatic heterocycles. The fourth-order valence-corrected chi connectivity index (χ4v) is 4.00. The van der Waals surface area contributed by atoms with Crippen LogP contribution in [-0.2, 0) is 9.53 Å². The maximum atomic E-state index is 12.9. The Morgan fingerprint density at radius 3 is 2.82 bits per heavy atom. The van der Waals surface area contributed by atoms with E-state index < -0.39 is 22.2 Å². The molecule has 10 heteroatoms. The summed E-state index contributed by atoms with van der Waals surface area (Å²) >= 11 is 0. The van der Waals surface area contributed by atoms with Crippen molar-refractivity contribution in [2.75, 3.05) is 26.3 Å². The maximum absolute atomic E-state index is 12.9. The van der Waals surface area contributed by atoms with Crippen molar-refractivity contribution in [1.29, 1.82) is 0 Å². The van der Waals surface area contributed by atoms with E-state index in [1.807, 2.05) is 0 Å². The molecular weight excluding hydrogens is 368 g/mol. The van der Waals surface area contributed by atoms with E-state index in [2.05, 4.69) is 5.10 Å². The van der Waals surface area contributed by atoms with Gasteiger partial charge in [-0.05, 0) is 18.6 Å². The number of amides is 1. The predicted molar refractivity (Wildman–Crippen MR) is 95.1 cm³/mol. The van der Waals surface area contributed by atoms with Gasteiger partial charge in [0.2, 0.25) is 0 Å². The number of hydrogen-bond donors (Lipinski definition) is 1. The molecule has 0 radical (unpaired) electrons. The lowest BCUT2D eigenvalue weighted by Crippen LogP contribution is -2.45. The topological polar surface area (TPSA) is 128 Å². The third kappa shape index (κ3) is 2.82. The zero-order valence-electron chi connectivity index (χ0n) is 14.9. The Labute approximate surface area is 159 Å². The molecule has 10 nitrogen and oxygen atoms in total. The van der Waals surface area contributed by atoms with Crippen LogP contribution in [0.1, 0.15) is 16.9 Å². The second kappa shape index (κ2) is 6.71. The molecule has 1 N–H and O–H groups in total. The van der Waals surface area contributed by atoms with Crippen molar-refractivity contribution in [3.05, 3.63) is 52.3 Å². The third-order valence-electron chi connectivity index (χ3n) is 5.55. The van der Waals surface area contributed by atoms with Crippen molar-refractivity contribution >= 4 is 17.6 Å². The minimum atomic E-state index is -0.991. The van der Waals surface area contributed by atoms with Gasteiger partial charge < -0.3 is 14.7 Å². The summed E-state index contributed by atoms with van der Waals surface area (Å²) in [5.74, 6) is -1.58. The molecule has 0 saturated carbocycles. The summed E-state index contributed by atoms with van der Waals surface area (Å²) in [4.78, 5) is 37.0. The van der Waals surface area contributed by atoms with Crippen molar-refractivity contribution in [2.24, 2.45) is 11.3 Å². The van der Waals surface area contributed by atoms with Gasteiger partial charge in [0, 0.05) is 37.9 Å². The van der Waals surface area contributed by atoms with Gasteiger partial charge in [-0.2, -0.15) is 5.10 Å². The summed E-state index contributed by atoms with van der Waals surface area (Å²) in [6.45, 7) is 1.05. The molecule has 2 aliphatic heterocycles. The van der Waals surface area contributed by atoms with Crippen molar-refractivity contribution in [3.63, 3.8) is 0 Å². The van der Waals surface area contributed by atoms with Crippen LogP contribution in [0, 0.1) is 21.4 Å². The lowest BCUT2D eigenvalue weighted by atomic mass is 9.74. The van der Waals surface area contributed by atoms with Gasteiger partial charge in [0.15, 0.2) is 5.69 Å². The number of fused-ring (bicyclic) bond motifs is 1. The standard InChI is InChI=1S/C18H18N4O6/c23-16(20-9-12-10-28-8-6-18(12,11-20)17(24)25)13-5-7-21(19-13)14-3-1-2-4-15(14)22(26)27/h1-5,7,12H,6,8-11H2,(H,24,25)/t12-,18+/m0/s1. The fourth-order valence-electron chi connectivity index (χ4n) is 4.00. The van der Waals surface area contributed by atoms with Crippen LogP contribution in [0.15, 0.2) is 36.5 Å². The first kappa shape index (κ1) is 18.1. The summed E-state index contributed by atoms with van der Waals surface area (Å²) in [5, 5.41) is 25.1. The van der Waals surface area contributed by atoms with Crippen LogP contribution in [0.3, 0.4) is 0 Å². The zero-order chi connectivity index (χ0) is 19.9. The van der Waals surface area contributed by atoms with Gasteiger partial charge in [0.1, 0.15) is 5.69 Å². The van der Waals surface area contributed by atoms with Crippen molar-refractivity contribution < 1.29 is 24.4 Å². The molecule has 28 heavy (non-hydrogen) atoms. The highest BCUT2D eigenvalue weighted by molar-refractivity contribution is 5.93. The maximum Gasteiger partial charge on any atom is 0.311 e. The largest absolute Gasteiger partial charge is 0.481 e. The molecule has 2 saturated heterocycles. The monoisotopic (exact) mass is 386 g/mol. The number of carboxylic acid groups (broad SMARTS) is 1. The second-order valence-electron chi connectivity index (χ2n) is 7.06. The van der Waals surface area contributed by atoms with Crippen LogP contribution < -0.4 is 0 Å². The van der Waals surface area contributed by atoms with Crippen molar-refractivity contribution in [2.45, 2.75) is 6.42 Å². The molecule has 0 spiro atoms. The highest BCUT2D eigenvalue weighted by Crippen LogP contribution is 2.42. The number of rotatable bonds is 4. The van der Waals surface area contributed by atoms with Crippen LogP contribution in [0.4, 0.5) is 5.69 Å². The van der Waals surface area contributed by atoms with Crippen LogP contribution in [0.5, 0.6) is 0 Å². The number of carboxylic acids is 1. The summed E-state index contributed by atoms with van der Waals surface area (Å²) in [6.07, 6.45) is 1.84. The fraction of sp³-hybridized carbons (Fsp3) is 0.389. The van der Waals surface area contributed by atoms with Gasteiger partial charge in [-0.1, -0.05) is 12.1 Å². The van der Waals surface area contributed by atoms with Crippen LogP contribution >= 0.6 is 0 Å². The molecule has 146 valence electrons. The van der Waals surface area contributed by atoms with Gasteiger partial charge in [-0.15, -0.1) is 0 Å². The molecular formula is C18H18N4O6. The minimum absolute atomic E-state index is 0.105. The average molecular weight is 386 g/mol. The predicted octanol–water partition coefficient (Wildman–Crippen LogP) is 1.34. The van der Waals surface area contributed by atoms with E-state index in [1.165, 1.54) is 27.9 Å². The van der Waals surface area contributed by atoms with Crippen molar-refractivity contribution in [1.82, 2.24) is 14.7 Å². The summed E-state index contributed by atoms with van der Waals surface area (Å²) in [7, 11) is 0. The Hall–Kier alpha value is -3.27. The number of hydrogen-bond acceptors (Lipinski definition) is 6. The lowest BCUT2D eigenvalue weighted by molar-refractivity contribution is -0.384. The Balaban J connectivity index is 1.59. The highest BCUT2D eigenvalue weighted by atomic mass is 16.6. The Morgan fingerprint density at radius 1 is 1.32 bits per heavy atom. The summed E-state index contributed by atoms with van der Waals surface area (Å²) < 4.78 is 6.69. The first-order valence-corrected chi connectivity index (χ1v) is 8.82. The molecule has 0 unspecified atom stereocenters. The SMILES string of the molecule is O=C(c1ccn(-c2ccccc2[N+](=O)[O-])n1)N1C[C@H]2COCC[C@@]2(C(=O)O)C1. The molecule has 2 aliphatic rings. The van der Waals surface area contributed by atoms with Crippen LogP contribution in [-0.4, -0.2) is 62.9 Å². The average Bonchev–Trinajstić information content (AvgIpc) is 3.33.